The Bertz CT molecular complexity index is 352. The third-order valence-electron chi connectivity index (χ3n) is 2.17. The average molecular weight is 254 g/mol. The minimum Gasteiger partial charge on any atom is -0.382 e. The average Bonchev–Trinajstić information content (AvgIpc) is 2.34. The van der Waals surface area contributed by atoms with Crippen molar-refractivity contribution in [3.05, 3.63) is 29.8 Å². The van der Waals surface area contributed by atoms with E-state index in [0.29, 0.717) is 19.8 Å². The molecule has 0 saturated heterocycles. The highest BCUT2D eigenvalue weighted by Gasteiger charge is 2.00. The number of Topliss-reactive ketones (excluding diaryl/α,β-unsaturated/α-hetero) is 1. The van der Waals surface area contributed by atoms with Crippen molar-refractivity contribution in [3.63, 3.8) is 0 Å². The van der Waals surface area contributed by atoms with Gasteiger partial charge >= 0.3 is 0 Å². The first kappa shape index (κ1) is 14.2. The number of thioether (sulfide) groups is 1. The van der Waals surface area contributed by atoms with E-state index in [1.807, 2.05) is 24.3 Å². The third kappa shape index (κ3) is 5.86. The van der Waals surface area contributed by atoms with Crippen LogP contribution in [0.5, 0.6) is 0 Å². The second-order valence-corrected chi connectivity index (χ2v) is 4.71. The molecule has 0 bridgehead atoms. The molecule has 0 heterocycles. The van der Waals surface area contributed by atoms with Crippen molar-refractivity contribution in [2.45, 2.75) is 11.8 Å². The van der Waals surface area contributed by atoms with Crippen LogP contribution in [0.4, 0.5) is 0 Å². The number of ketones is 1. The lowest BCUT2D eigenvalue weighted by atomic mass is 10.2. The highest BCUT2D eigenvalue weighted by Crippen LogP contribution is 2.19. The van der Waals surface area contributed by atoms with Crippen molar-refractivity contribution >= 4 is 17.5 Å². The number of rotatable bonds is 8. The summed E-state index contributed by atoms with van der Waals surface area (Å²) in [6.45, 7) is 3.53. The second-order valence-electron chi connectivity index (χ2n) is 3.54. The molecule has 1 aromatic rings. The van der Waals surface area contributed by atoms with Gasteiger partial charge in [0.15, 0.2) is 5.78 Å². The molecule has 94 valence electrons. The Balaban J connectivity index is 2.27. The zero-order chi connectivity index (χ0) is 12.5. The van der Waals surface area contributed by atoms with E-state index in [0.717, 1.165) is 16.2 Å². The summed E-state index contributed by atoms with van der Waals surface area (Å²) >= 11 is 1.69. The zero-order valence-corrected chi connectivity index (χ0v) is 11.1. The minimum atomic E-state index is 0.101. The van der Waals surface area contributed by atoms with Crippen LogP contribution in [0.3, 0.4) is 0 Å². The normalized spacial score (nSPS) is 10.5. The maximum absolute atomic E-state index is 11.2. The van der Waals surface area contributed by atoms with Crippen LogP contribution in [0, 0.1) is 0 Å². The molecule has 0 aliphatic heterocycles. The third-order valence-corrected chi connectivity index (χ3v) is 3.13. The molecular weight excluding hydrogens is 236 g/mol. The zero-order valence-electron chi connectivity index (χ0n) is 10.3. The van der Waals surface area contributed by atoms with Gasteiger partial charge in [0.05, 0.1) is 19.8 Å². The van der Waals surface area contributed by atoms with Gasteiger partial charge in [-0.2, -0.15) is 0 Å². The molecule has 0 radical (unpaired) electrons. The van der Waals surface area contributed by atoms with Crippen LogP contribution in [0.1, 0.15) is 17.3 Å². The lowest BCUT2D eigenvalue weighted by Gasteiger charge is -2.04. The van der Waals surface area contributed by atoms with Gasteiger partial charge in [-0.05, 0) is 19.1 Å². The van der Waals surface area contributed by atoms with Crippen LogP contribution < -0.4 is 0 Å². The molecule has 0 N–H and O–H groups in total. The van der Waals surface area contributed by atoms with E-state index in [2.05, 4.69) is 0 Å². The van der Waals surface area contributed by atoms with Crippen molar-refractivity contribution in [3.8, 4) is 0 Å². The number of carbonyl (C=O) groups excluding carboxylic acids is 1. The Morgan fingerprint density at radius 1 is 1.29 bits per heavy atom. The monoisotopic (exact) mass is 254 g/mol. The van der Waals surface area contributed by atoms with Gasteiger partial charge in [0.2, 0.25) is 0 Å². The quantitative estimate of drug-likeness (QED) is 0.406. The summed E-state index contributed by atoms with van der Waals surface area (Å²) in [5, 5.41) is 0. The molecule has 0 aliphatic carbocycles. The van der Waals surface area contributed by atoms with Gasteiger partial charge < -0.3 is 9.47 Å². The van der Waals surface area contributed by atoms with Crippen LogP contribution in [-0.4, -0.2) is 38.5 Å². The summed E-state index contributed by atoms with van der Waals surface area (Å²) in [4.78, 5) is 12.3. The molecule has 0 unspecified atom stereocenters. The molecule has 17 heavy (non-hydrogen) atoms. The highest BCUT2D eigenvalue weighted by molar-refractivity contribution is 7.99. The van der Waals surface area contributed by atoms with E-state index in [9.17, 15) is 4.79 Å². The van der Waals surface area contributed by atoms with Gasteiger partial charge in [-0.1, -0.05) is 12.1 Å². The Morgan fingerprint density at radius 3 is 2.82 bits per heavy atom. The van der Waals surface area contributed by atoms with Gasteiger partial charge in [-0.3, -0.25) is 4.79 Å². The van der Waals surface area contributed by atoms with E-state index in [1.165, 1.54) is 0 Å². The van der Waals surface area contributed by atoms with Crippen molar-refractivity contribution in [2.75, 3.05) is 32.7 Å². The molecule has 4 heteroatoms. The SMILES string of the molecule is COCCOCCSc1cccc(C(C)=O)c1. The Morgan fingerprint density at radius 2 is 2.12 bits per heavy atom. The number of benzene rings is 1. The largest absolute Gasteiger partial charge is 0.382 e. The molecule has 0 aliphatic rings. The number of hydrogen-bond donors (Lipinski definition) is 0. The van der Waals surface area contributed by atoms with Crippen molar-refractivity contribution in [2.24, 2.45) is 0 Å². The van der Waals surface area contributed by atoms with Gasteiger partial charge in [-0.15, -0.1) is 11.8 Å². The maximum Gasteiger partial charge on any atom is 0.159 e. The molecule has 0 atom stereocenters. The number of carbonyl (C=O) groups is 1. The van der Waals surface area contributed by atoms with Gasteiger partial charge in [0.25, 0.3) is 0 Å². The molecule has 0 aromatic heterocycles. The van der Waals surface area contributed by atoms with Crippen molar-refractivity contribution in [1.29, 1.82) is 0 Å². The minimum absolute atomic E-state index is 0.101. The standard InChI is InChI=1S/C13H18O3S/c1-11(14)12-4-3-5-13(10-12)17-9-8-16-7-6-15-2/h3-5,10H,6-9H2,1-2H3. The summed E-state index contributed by atoms with van der Waals surface area (Å²) in [6, 6.07) is 7.67. The molecule has 1 aromatic carbocycles. The van der Waals surface area contributed by atoms with Crippen molar-refractivity contribution in [1.82, 2.24) is 0 Å². The van der Waals surface area contributed by atoms with E-state index in [-0.39, 0.29) is 5.78 Å². The Labute approximate surface area is 106 Å². The summed E-state index contributed by atoms with van der Waals surface area (Å²) < 4.78 is 10.2. The fraction of sp³-hybridized carbons (Fsp3) is 0.462. The predicted molar refractivity (Wildman–Crippen MR) is 69.9 cm³/mol. The fourth-order valence-electron chi connectivity index (χ4n) is 1.27. The molecule has 0 spiro atoms. The summed E-state index contributed by atoms with van der Waals surface area (Å²) in [6.07, 6.45) is 0. The number of methoxy groups -OCH3 is 1. The smallest absolute Gasteiger partial charge is 0.159 e. The molecule has 0 saturated carbocycles. The van der Waals surface area contributed by atoms with E-state index in [4.69, 9.17) is 9.47 Å². The Hall–Kier alpha value is -0.840. The molecule has 3 nitrogen and oxygen atoms in total. The van der Waals surface area contributed by atoms with Gasteiger partial charge in [0.1, 0.15) is 0 Å². The molecular formula is C13H18O3S. The molecule has 0 fully saturated rings. The predicted octanol–water partition coefficient (Wildman–Crippen LogP) is 2.64. The highest BCUT2D eigenvalue weighted by atomic mass is 32.2. The Kier molecular flexibility index (Phi) is 6.93. The lowest BCUT2D eigenvalue weighted by molar-refractivity contribution is 0.0790. The second kappa shape index (κ2) is 8.28. The lowest BCUT2D eigenvalue weighted by Crippen LogP contribution is -2.04. The number of hydrogen-bond acceptors (Lipinski definition) is 4. The summed E-state index contributed by atoms with van der Waals surface area (Å²) in [5.41, 5.74) is 0.760. The van der Waals surface area contributed by atoms with Gasteiger partial charge in [-0.25, -0.2) is 0 Å². The molecule has 1 rings (SSSR count). The van der Waals surface area contributed by atoms with Crippen molar-refractivity contribution < 1.29 is 14.3 Å². The first-order chi connectivity index (χ1) is 8.24. The van der Waals surface area contributed by atoms with E-state index in [1.54, 1.807) is 25.8 Å². The topological polar surface area (TPSA) is 35.5 Å². The van der Waals surface area contributed by atoms with Crippen LogP contribution in [0.15, 0.2) is 29.2 Å². The van der Waals surface area contributed by atoms with Crippen LogP contribution >= 0.6 is 11.8 Å². The fourth-order valence-corrected chi connectivity index (χ4v) is 2.09. The van der Waals surface area contributed by atoms with Crippen LogP contribution in [0.2, 0.25) is 0 Å². The first-order valence-corrected chi connectivity index (χ1v) is 6.53. The summed E-state index contributed by atoms with van der Waals surface area (Å²) in [7, 11) is 1.66. The van der Waals surface area contributed by atoms with Crippen LogP contribution in [0.25, 0.3) is 0 Å². The van der Waals surface area contributed by atoms with E-state index < -0.39 is 0 Å². The maximum atomic E-state index is 11.2. The van der Waals surface area contributed by atoms with Gasteiger partial charge in [0, 0.05) is 23.3 Å². The summed E-state index contributed by atoms with van der Waals surface area (Å²) in [5.74, 6) is 0.981. The van der Waals surface area contributed by atoms with Crippen LogP contribution in [-0.2, 0) is 9.47 Å². The molecule has 0 amide bonds. The van der Waals surface area contributed by atoms with E-state index >= 15 is 0 Å². The number of ether oxygens (including phenoxy) is 2. The first-order valence-electron chi connectivity index (χ1n) is 5.54.